The molecule has 1 fully saturated rings. The number of hydrogen-bond donors (Lipinski definition) is 0. The molecule has 92 valence electrons. The summed E-state index contributed by atoms with van der Waals surface area (Å²) in [6.45, 7) is 2.52. The summed E-state index contributed by atoms with van der Waals surface area (Å²) in [6, 6.07) is 8.68. The third-order valence-corrected chi connectivity index (χ3v) is 4.70. The molecule has 3 heteroatoms. The van der Waals surface area contributed by atoms with Gasteiger partial charge >= 0.3 is 0 Å². The van der Waals surface area contributed by atoms with Crippen LogP contribution in [0, 0.1) is 0 Å². The van der Waals surface area contributed by atoms with Crippen molar-refractivity contribution in [3.05, 3.63) is 29.8 Å². The number of benzene rings is 1. The minimum atomic E-state index is 0.347. The van der Waals surface area contributed by atoms with E-state index in [0.29, 0.717) is 12.0 Å². The Labute approximate surface area is 107 Å². The maximum atomic E-state index is 5.82. The van der Waals surface area contributed by atoms with Crippen molar-refractivity contribution in [3.63, 3.8) is 0 Å². The van der Waals surface area contributed by atoms with Crippen LogP contribution in [0.25, 0.3) is 0 Å². The van der Waals surface area contributed by atoms with Crippen LogP contribution in [0.1, 0.15) is 24.3 Å². The van der Waals surface area contributed by atoms with E-state index in [2.05, 4.69) is 24.3 Å². The summed E-state index contributed by atoms with van der Waals surface area (Å²) in [5.74, 6) is 1.72. The van der Waals surface area contributed by atoms with Crippen LogP contribution in [0.5, 0.6) is 0 Å². The highest BCUT2D eigenvalue weighted by Gasteiger charge is 2.23. The number of ether oxygens (including phenoxy) is 2. The number of rotatable bonds is 4. The van der Waals surface area contributed by atoms with Gasteiger partial charge in [0.2, 0.25) is 0 Å². The average molecular weight is 250 g/mol. The van der Waals surface area contributed by atoms with Gasteiger partial charge in [-0.05, 0) is 24.5 Å². The van der Waals surface area contributed by atoms with Crippen LogP contribution >= 0.6 is 11.8 Å². The predicted molar refractivity (Wildman–Crippen MR) is 69.7 cm³/mol. The summed E-state index contributed by atoms with van der Waals surface area (Å²) in [4.78, 5) is 1.43. The molecule has 2 nitrogen and oxygen atoms in total. The van der Waals surface area contributed by atoms with E-state index < -0.39 is 0 Å². The van der Waals surface area contributed by atoms with Gasteiger partial charge in [0.25, 0.3) is 0 Å². The molecule has 0 amide bonds. The Bertz CT molecular complexity index is 374. The van der Waals surface area contributed by atoms with Crippen molar-refractivity contribution in [2.75, 3.05) is 25.6 Å². The first-order chi connectivity index (χ1) is 8.43. The lowest BCUT2D eigenvalue weighted by atomic mass is 10.0. The second-order valence-electron chi connectivity index (χ2n) is 4.72. The third-order valence-electron chi connectivity index (χ3n) is 3.45. The molecule has 0 aromatic heterocycles. The molecule has 0 spiro atoms. The summed E-state index contributed by atoms with van der Waals surface area (Å²) >= 11 is 1.95. The number of thioether (sulfide) groups is 1. The molecule has 0 saturated carbocycles. The van der Waals surface area contributed by atoms with Crippen LogP contribution in [0.3, 0.4) is 0 Å². The topological polar surface area (TPSA) is 18.5 Å². The maximum absolute atomic E-state index is 5.82. The summed E-state index contributed by atoms with van der Waals surface area (Å²) in [7, 11) is 0. The van der Waals surface area contributed by atoms with Crippen molar-refractivity contribution in [1.82, 2.24) is 0 Å². The van der Waals surface area contributed by atoms with Crippen molar-refractivity contribution in [1.29, 1.82) is 0 Å². The minimum Gasteiger partial charge on any atom is -0.378 e. The Kier molecular flexibility index (Phi) is 3.69. The molecular formula is C14H18O2S. The number of fused-ring (bicyclic) bond motifs is 1. The van der Waals surface area contributed by atoms with Gasteiger partial charge in [0.1, 0.15) is 0 Å². The van der Waals surface area contributed by atoms with Crippen LogP contribution in [-0.2, 0) is 9.47 Å². The molecule has 3 rings (SSSR count). The molecule has 0 bridgehead atoms. The molecular weight excluding hydrogens is 232 g/mol. The first-order valence-corrected chi connectivity index (χ1v) is 7.33. The van der Waals surface area contributed by atoms with E-state index in [1.807, 2.05) is 11.8 Å². The summed E-state index contributed by atoms with van der Waals surface area (Å²) in [5.41, 5.74) is 1.46. The minimum absolute atomic E-state index is 0.347. The van der Waals surface area contributed by atoms with Crippen LogP contribution in [-0.4, -0.2) is 31.7 Å². The molecule has 2 aliphatic heterocycles. The Morgan fingerprint density at radius 2 is 2.24 bits per heavy atom. The fourth-order valence-corrected chi connectivity index (χ4v) is 3.72. The molecule has 0 radical (unpaired) electrons. The van der Waals surface area contributed by atoms with Crippen molar-refractivity contribution in [3.8, 4) is 0 Å². The first kappa shape index (κ1) is 11.6. The maximum Gasteiger partial charge on any atom is 0.0809 e. The zero-order valence-corrected chi connectivity index (χ0v) is 10.7. The molecule has 1 aromatic rings. The van der Waals surface area contributed by atoms with Crippen LogP contribution in [0.2, 0.25) is 0 Å². The van der Waals surface area contributed by atoms with Gasteiger partial charge in [0.15, 0.2) is 0 Å². The SMILES string of the molecule is c1ccc2c(c1)SCC2COCC1CCCO1. The highest BCUT2D eigenvalue weighted by molar-refractivity contribution is 7.99. The molecule has 2 heterocycles. The largest absolute Gasteiger partial charge is 0.378 e. The lowest BCUT2D eigenvalue weighted by Crippen LogP contribution is -2.17. The second-order valence-corrected chi connectivity index (χ2v) is 5.78. The van der Waals surface area contributed by atoms with E-state index in [9.17, 15) is 0 Å². The molecule has 2 atom stereocenters. The van der Waals surface area contributed by atoms with Gasteiger partial charge in [-0.25, -0.2) is 0 Å². The van der Waals surface area contributed by atoms with Crippen molar-refractivity contribution in [2.24, 2.45) is 0 Å². The van der Waals surface area contributed by atoms with E-state index in [1.54, 1.807) is 0 Å². The Hall–Kier alpha value is -0.510. The third kappa shape index (κ3) is 2.67. The van der Waals surface area contributed by atoms with Crippen LogP contribution in [0.15, 0.2) is 29.2 Å². The lowest BCUT2D eigenvalue weighted by molar-refractivity contribution is 0.0141. The summed E-state index contributed by atoms with van der Waals surface area (Å²) in [6.07, 6.45) is 2.70. The summed E-state index contributed by atoms with van der Waals surface area (Å²) in [5, 5.41) is 0. The van der Waals surface area contributed by atoms with Crippen molar-refractivity contribution >= 4 is 11.8 Å². The van der Waals surface area contributed by atoms with Crippen molar-refractivity contribution in [2.45, 2.75) is 29.8 Å². The molecule has 1 aromatic carbocycles. The average Bonchev–Trinajstić information content (AvgIpc) is 2.99. The molecule has 2 aliphatic rings. The highest BCUT2D eigenvalue weighted by Crippen LogP contribution is 2.39. The van der Waals surface area contributed by atoms with Gasteiger partial charge in [0.05, 0.1) is 19.3 Å². The molecule has 0 aliphatic carbocycles. The highest BCUT2D eigenvalue weighted by atomic mass is 32.2. The van der Waals surface area contributed by atoms with E-state index in [0.717, 1.165) is 32.0 Å². The van der Waals surface area contributed by atoms with Gasteiger partial charge in [-0.3, -0.25) is 0 Å². The number of hydrogen-bond acceptors (Lipinski definition) is 3. The first-order valence-electron chi connectivity index (χ1n) is 6.34. The summed E-state index contributed by atoms with van der Waals surface area (Å²) < 4.78 is 11.4. The zero-order valence-electron chi connectivity index (χ0n) is 9.93. The monoisotopic (exact) mass is 250 g/mol. The Balaban J connectivity index is 1.50. The predicted octanol–water partition coefficient (Wildman–Crippen LogP) is 3.07. The lowest BCUT2D eigenvalue weighted by Gasteiger charge is -2.14. The van der Waals surface area contributed by atoms with Gasteiger partial charge in [-0.2, -0.15) is 0 Å². The van der Waals surface area contributed by atoms with Crippen LogP contribution < -0.4 is 0 Å². The second kappa shape index (κ2) is 5.42. The quantitative estimate of drug-likeness (QED) is 0.818. The fourth-order valence-electron chi connectivity index (χ4n) is 2.48. The Morgan fingerprint density at radius 3 is 3.12 bits per heavy atom. The molecule has 1 saturated heterocycles. The van der Waals surface area contributed by atoms with E-state index in [4.69, 9.17) is 9.47 Å². The van der Waals surface area contributed by atoms with E-state index in [1.165, 1.54) is 16.9 Å². The molecule has 17 heavy (non-hydrogen) atoms. The van der Waals surface area contributed by atoms with Crippen molar-refractivity contribution < 1.29 is 9.47 Å². The van der Waals surface area contributed by atoms with Gasteiger partial charge in [0, 0.05) is 23.2 Å². The van der Waals surface area contributed by atoms with Crippen LogP contribution in [0.4, 0.5) is 0 Å². The standard InChI is InChI=1S/C14H18O2S/c1-2-6-14-13(5-1)11(10-17-14)8-15-9-12-4-3-7-16-12/h1-2,5-6,11-12H,3-4,7-10H2. The Morgan fingerprint density at radius 1 is 1.29 bits per heavy atom. The zero-order chi connectivity index (χ0) is 11.5. The van der Waals surface area contributed by atoms with Gasteiger partial charge < -0.3 is 9.47 Å². The van der Waals surface area contributed by atoms with Gasteiger partial charge in [-0.15, -0.1) is 11.8 Å². The van der Waals surface area contributed by atoms with E-state index >= 15 is 0 Å². The molecule has 2 unspecified atom stereocenters. The van der Waals surface area contributed by atoms with Gasteiger partial charge in [-0.1, -0.05) is 18.2 Å². The smallest absolute Gasteiger partial charge is 0.0809 e. The fraction of sp³-hybridized carbons (Fsp3) is 0.571. The van der Waals surface area contributed by atoms with E-state index in [-0.39, 0.29) is 0 Å². The molecule has 0 N–H and O–H groups in total. The normalized spacial score (nSPS) is 27.3.